The van der Waals surface area contributed by atoms with Crippen LogP contribution in [0, 0.1) is 6.92 Å². The Labute approximate surface area is 138 Å². The van der Waals surface area contributed by atoms with E-state index < -0.39 is 5.97 Å². The number of aromatic nitrogens is 1. The summed E-state index contributed by atoms with van der Waals surface area (Å²) in [5.41, 5.74) is 2.91. The molecule has 0 radical (unpaired) electrons. The molecule has 23 heavy (non-hydrogen) atoms. The van der Waals surface area contributed by atoms with Crippen molar-refractivity contribution in [2.75, 3.05) is 7.11 Å². The van der Waals surface area contributed by atoms with Crippen LogP contribution >= 0.6 is 11.6 Å². The summed E-state index contributed by atoms with van der Waals surface area (Å²) in [4.78, 5) is 12.1. The third kappa shape index (κ3) is 2.78. The molecule has 118 valence electrons. The SMILES string of the molecule is COC(=O)c1c(O)c2cc(C)ccc2n1Cc1ccc(Cl)cc1. The highest BCUT2D eigenvalue weighted by Gasteiger charge is 2.23. The molecule has 0 aliphatic carbocycles. The number of fused-ring (bicyclic) bond motifs is 1. The zero-order chi connectivity index (χ0) is 16.6. The number of hydrogen-bond acceptors (Lipinski definition) is 3. The Balaban J connectivity index is 2.20. The molecule has 0 bridgehead atoms. The summed E-state index contributed by atoms with van der Waals surface area (Å²) in [6.07, 6.45) is 0. The maximum atomic E-state index is 12.1. The lowest BCUT2D eigenvalue weighted by atomic mass is 10.1. The molecule has 1 heterocycles. The van der Waals surface area contributed by atoms with Gasteiger partial charge in [0, 0.05) is 17.0 Å². The first kappa shape index (κ1) is 15.4. The highest BCUT2D eigenvalue weighted by molar-refractivity contribution is 6.30. The van der Waals surface area contributed by atoms with Gasteiger partial charge in [-0.2, -0.15) is 0 Å². The number of aromatic hydroxyl groups is 1. The number of nitrogens with zero attached hydrogens (tertiary/aromatic N) is 1. The van der Waals surface area contributed by atoms with Gasteiger partial charge in [-0.15, -0.1) is 0 Å². The first-order chi connectivity index (χ1) is 11.0. The van der Waals surface area contributed by atoms with Crippen LogP contribution in [0.25, 0.3) is 10.9 Å². The van der Waals surface area contributed by atoms with Crippen molar-refractivity contribution in [3.63, 3.8) is 0 Å². The monoisotopic (exact) mass is 329 g/mol. The molecular formula is C18H16ClNO3. The lowest BCUT2D eigenvalue weighted by Crippen LogP contribution is -2.11. The van der Waals surface area contributed by atoms with Gasteiger partial charge >= 0.3 is 5.97 Å². The first-order valence-electron chi connectivity index (χ1n) is 7.16. The second kappa shape index (κ2) is 5.97. The summed E-state index contributed by atoms with van der Waals surface area (Å²) in [6.45, 7) is 2.37. The number of rotatable bonds is 3. The summed E-state index contributed by atoms with van der Waals surface area (Å²) in [5.74, 6) is -0.616. The van der Waals surface area contributed by atoms with E-state index in [0.717, 1.165) is 16.6 Å². The fourth-order valence-electron chi connectivity index (χ4n) is 2.69. The number of halogens is 1. The number of carbonyl (C=O) groups is 1. The van der Waals surface area contributed by atoms with Gasteiger partial charge in [0.25, 0.3) is 0 Å². The number of methoxy groups -OCH3 is 1. The van der Waals surface area contributed by atoms with Gasteiger partial charge in [-0.25, -0.2) is 4.79 Å². The largest absolute Gasteiger partial charge is 0.505 e. The molecule has 1 N–H and O–H groups in total. The van der Waals surface area contributed by atoms with Gasteiger partial charge in [0.15, 0.2) is 11.4 Å². The van der Waals surface area contributed by atoms with Gasteiger partial charge in [-0.3, -0.25) is 0 Å². The molecule has 3 rings (SSSR count). The van der Waals surface area contributed by atoms with E-state index in [2.05, 4.69) is 0 Å². The molecule has 0 amide bonds. The van der Waals surface area contributed by atoms with Crippen LogP contribution in [0.4, 0.5) is 0 Å². The van der Waals surface area contributed by atoms with E-state index in [1.54, 1.807) is 16.7 Å². The Morgan fingerprint density at radius 1 is 1.22 bits per heavy atom. The predicted molar refractivity (Wildman–Crippen MR) is 90.2 cm³/mol. The standard InChI is InChI=1S/C18H16ClNO3/c1-11-3-8-15-14(9-11)17(21)16(18(22)23-2)20(15)10-12-4-6-13(19)7-5-12/h3-9,21H,10H2,1-2H3. The summed E-state index contributed by atoms with van der Waals surface area (Å²) in [7, 11) is 1.30. The molecule has 0 saturated heterocycles. The smallest absolute Gasteiger partial charge is 0.358 e. The molecule has 2 aromatic carbocycles. The maximum Gasteiger partial charge on any atom is 0.358 e. The molecular weight excluding hydrogens is 314 g/mol. The van der Waals surface area contributed by atoms with Crippen molar-refractivity contribution in [3.05, 3.63) is 64.3 Å². The van der Waals surface area contributed by atoms with Crippen LogP contribution in [0.3, 0.4) is 0 Å². The summed E-state index contributed by atoms with van der Waals surface area (Å²) in [5, 5.41) is 11.8. The fourth-order valence-corrected chi connectivity index (χ4v) is 2.82. The Morgan fingerprint density at radius 2 is 1.91 bits per heavy atom. The van der Waals surface area contributed by atoms with Gasteiger partial charge in [0.05, 0.1) is 12.6 Å². The number of esters is 1. The third-order valence-electron chi connectivity index (χ3n) is 3.82. The number of benzene rings is 2. The lowest BCUT2D eigenvalue weighted by Gasteiger charge is -2.10. The molecule has 0 saturated carbocycles. The van der Waals surface area contributed by atoms with E-state index in [0.29, 0.717) is 17.0 Å². The van der Waals surface area contributed by atoms with Gasteiger partial charge < -0.3 is 14.4 Å². The predicted octanol–water partition coefficient (Wildman–Crippen LogP) is 4.14. The van der Waals surface area contributed by atoms with Crippen molar-refractivity contribution >= 4 is 28.5 Å². The Bertz CT molecular complexity index is 881. The van der Waals surface area contributed by atoms with Crippen molar-refractivity contribution in [2.45, 2.75) is 13.5 Å². The van der Waals surface area contributed by atoms with Gasteiger partial charge in [0.1, 0.15) is 0 Å². The molecule has 4 nitrogen and oxygen atoms in total. The minimum atomic E-state index is -0.565. The zero-order valence-corrected chi connectivity index (χ0v) is 13.6. The molecule has 5 heteroatoms. The molecule has 0 fully saturated rings. The minimum Gasteiger partial charge on any atom is -0.505 e. The molecule has 0 atom stereocenters. The molecule has 1 aromatic heterocycles. The number of hydrogen-bond donors (Lipinski definition) is 1. The molecule has 0 spiro atoms. The van der Waals surface area contributed by atoms with E-state index in [1.165, 1.54) is 7.11 Å². The van der Waals surface area contributed by atoms with Gasteiger partial charge in [0.2, 0.25) is 0 Å². The molecule has 0 aliphatic heterocycles. The normalized spacial score (nSPS) is 10.9. The van der Waals surface area contributed by atoms with Crippen molar-refractivity contribution in [1.82, 2.24) is 4.57 Å². The van der Waals surface area contributed by atoms with Crippen molar-refractivity contribution in [2.24, 2.45) is 0 Å². The van der Waals surface area contributed by atoms with E-state index in [4.69, 9.17) is 16.3 Å². The van der Waals surface area contributed by atoms with Crippen molar-refractivity contribution in [3.8, 4) is 5.75 Å². The maximum absolute atomic E-state index is 12.1. The van der Waals surface area contributed by atoms with E-state index in [-0.39, 0.29) is 11.4 Å². The molecule has 0 aliphatic rings. The van der Waals surface area contributed by atoms with Gasteiger partial charge in [-0.05, 0) is 36.8 Å². The Hall–Kier alpha value is -2.46. The Kier molecular flexibility index (Phi) is 4.01. The van der Waals surface area contributed by atoms with Crippen molar-refractivity contribution in [1.29, 1.82) is 0 Å². The molecule has 0 unspecified atom stereocenters. The second-order valence-electron chi connectivity index (χ2n) is 5.42. The fraction of sp³-hybridized carbons (Fsp3) is 0.167. The minimum absolute atomic E-state index is 0.0514. The van der Waals surface area contributed by atoms with Crippen molar-refractivity contribution < 1.29 is 14.6 Å². The summed E-state index contributed by atoms with van der Waals surface area (Å²) >= 11 is 5.91. The average molecular weight is 330 g/mol. The van der Waals surface area contributed by atoms with Crippen LogP contribution in [-0.4, -0.2) is 22.8 Å². The summed E-state index contributed by atoms with van der Waals surface area (Å²) in [6, 6.07) is 13.1. The van der Waals surface area contributed by atoms with E-state index >= 15 is 0 Å². The number of aryl methyl sites for hydroxylation is 1. The highest BCUT2D eigenvalue weighted by Crippen LogP contribution is 2.34. The number of carbonyl (C=O) groups excluding carboxylic acids is 1. The van der Waals surface area contributed by atoms with Gasteiger partial charge in [-0.1, -0.05) is 35.4 Å². The second-order valence-corrected chi connectivity index (χ2v) is 5.86. The van der Waals surface area contributed by atoms with Crippen LogP contribution in [0.1, 0.15) is 21.6 Å². The average Bonchev–Trinajstić information content (AvgIpc) is 2.81. The zero-order valence-electron chi connectivity index (χ0n) is 12.8. The van der Waals surface area contributed by atoms with Crippen LogP contribution in [0.2, 0.25) is 5.02 Å². The lowest BCUT2D eigenvalue weighted by molar-refractivity contribution is 0.0586. The highest BCUT2D eigenvalue weighted by atomic mass is 35.5. The number of ether oxygens (including phenoxy) is 1. The first-order valence-corrected chi connectivity index (χ1v) is 7.53. The van der Waals surface area contributed by atoms with E-state index in [1.807, 2.05) is 37.3 Å². The van der Waals surface area contributed by atoms with Crippen LogP contribution in [-0.2, 0) is 11.3 Å². The van der Waals surface area contributed by atoms with E-state index in [9.17, 15) is 9.90 Å². The Morgan fingerprint density at radius 3 is 2.57 bits per heavy atom. The molecule has 3 aromatic rings. The van der Waals surface area contributed by atoms with Crippen LogP contribution in [0.5, 0.6) is 5.75 Å². The summed E-state index contributed by atoms with van der Waals surface area (Å²) < 4.78 is 6.60. The quantitative estimate of drug-likeness (QED) is 0.735. The topological polar surface area (TPSA) is 51.5 Å². The van der Waals surface area contributed by atoms with Crippen LogP contribution < -0.4 is 0 Å². The third-order valence-corrected chi connectivity index (χ3v) is 4.08. The van der Waals surface area contributed by atoms with Crippen LogP contribution in [0.15, 0.2) is 42.5 Å².